The van der Waals surface area contributed by atoms with E-state index in [9.17, 15) is 14.4 Å². The standard InChI is InChI=1S/C18H20N2O4/c21-12-1-4-16(17(22)8-12)20-10-11-7-13(2-3-15(11)18(20)23)24-14-5-6-19-9-14/h2-3,7,14,16,19H,1,4-6,8-10H2/t14-,16?/m1/s1. The molecule has 0 radical (unpaired) electrons. The zero-order valence-corrected chi connectivity index (χ0v) is 13.4. The number of fused-ring (bicyclic) bond motifs is 1. The van der Waals surface area contributed by atoms with Gasteiger partial charge in [0, 0.05) is 25.1 Å². The first-order chi connectivity index (χ1) is 11.6. The van der Waals surface area contributed by atoms with Crippen LogP contribution in [-0.2, 0) is 16.1 Å². The number of nitrogens with one attached hydrogen (secondary N) is 1. The lowest BCUT2D eigenvalue weighted by Crippen LogP contribution is -2.44. The highest BCUT2D eigenvalue weighted by Gasteiger charge is 2.39. The number of Topliss-reactive ketones (excluding diaryl/α,β-unsaturated/α-hetero) is 2. The van der Waals surface area contributed by atoms with E-state index in [2.05, 4.69) is 5.32 Å². The summed E-state index contributed by atoms with van der Waals surface area (Å²) < 4.78 is 5.95. The van der Waals surface area contributed by atoms with Crippen molar-refractivity contribution < 1.29 is 19.1 Å². The topological polar surface area (TPSA) is 75.7 Å². The van der Waals surface area contributed by atoms with Crippen LogP contribution in [0.2, 0.25) is 0 Å². The van der Waals surface area contributed by atoms with Crippen molar-refractivity contribution in [3.8, 4) is 5.75 Å². The third-order valence-electron chi connectivity index (χ3n) is 5.04. The maximum Gasteiger partial charge on any atom is 0.255 e. The van der Waals surface area contributed by atoms with E-state index < -0.39 is 6.04 Å². The van der Waals surface area contributed by atoms with Crippen molar-refractivity contribution in [2.45, 2.75) is 44.4 Å². The van der Waals surface area contributed by atoms with Crippen LogP contribution >= 0.6 is 0 Å². The first-order valence-electron chi connectivity index (χ1n) is 8.47. The molecule has 1 aromatic rings. The Kier molecular flexibility index (Phi) is 3.84. The predicted molar refractivity (Wildman–Crippen MR) is 85.9 cm³/mol. The molecule has 0 bridgehead atoms. The zero-order valence-electron chi connectivity index (χ0n) is 13.4. The number of rotatable bonds is 3. The molecule has 1 saturated carbocycles. The Balaban J connectivity index is 1.51. The summed E-state index contributed by atoms with van der Waals surface area (Å²) in [5.41, 5.74) is 1.53. The van der Waals surface area contributed by atoms with Crippen molar-refractivity contribution >= 4 is 17.5 Å². The van der Waals surface area contributed by atoms with Gasteiger partial charge in [0.2, 0.25) is 0 Å². The van der Waals surface area contributed by atoms with Crippen molar-refractivity contribution in [1.29, 1.82) is 0 Å². The molecule has 24 heavy (non-hydrogen) atoms. The van der Waals surface area contributed by atoms with Crippen LogP contribution in [0.3, 0.4) is 0 Å². The van der Waals surface area contributed by atoms with Gasteiger partial charge in [-0.15, -0.1) is 0 Å². The molecule has 2 heterocycles. The van der Waals surface area contributed by atoms with Gasteiger partial charge in [-0.1, -0.05) is 0 Å². The van der Waals surface area contributed by atoms with E-state index in [4.69, 9.17) is 4.74 Å². The van der Waals surface area contributed by atoms with Crippen LogP contribution in [0.25, 0.3) is 0 Å². The fourth-order valence-corrected chi connectivity index (χ4v) is 3.75. The minimum Gasteiger partial charge on any atom is -0.489 e. The molecule has 1 N–H and O–H groups in total. The SMILES string of the molecule is O=C1CCC(N2Cc3cc(O[C@@H]4CCNC4)ccc3C2=O)C(=O)C1. The van der Waals surface area contributed by atoms with Crippen molar-refractivity contribution in [2.75, 3.05) is 13.1 Å². The lowest BCUT2D eigenvalue weighted by atomic mass is 9.92. The van der Waals surface area contributed by atoms with Gasteiger partial charge in [0.1, 0.15) is 17.6 Å². The molecule has 4 rings (SSSR count). The van der Waals surface area contributed by atoms with Gasteiger partial charge in [0.05, 0.1) is 12.5 Å². The van der Waals surface area contributed by atoms with E-state index in [0.29, 0.717) is 24.9 Å². The predicted octanol–water partition coefficient (Wildman–Crippen LogP) is 1.07. The van der Waals surface area contributed by atoms with E-state index in [1.807, 2.05) is 12.1 Å². The molecule has 2 aliphatic heterocycles. The van der Waals surface area contributed by atoms with E-state index in [-0.39, 0.29) is 30.0 Å². The van der Waals surface area contributed by atoms with Gasteiger partial charge in [-0.25, -0.2) is 0 Å². The van der Waals surface area contributed by atoms with Crippen LogP contribution < -0.4 is 10.1 Å². The summed E-state index contributed by atoms with van der Waals surface area (Å²) in [5.74, 6) is 0.483. The Bertz CT molecular complexity index is 709. The van der Waals surface area contributed by atoms with Crippen LogP contribution in [0.15, 0.2) is 18.2 Å². The number of hydrogen-bond donors (Lipinski definition) is 1. The lowest BCUT2D eigenvalue weighted by molar-refractivity contribution is -0.133. The molecule has 1 unspecified atom stereocenters. The molecule has 2 atom stereocenters. The van der Waals surface area contributed by atoms with Crippen molar-refractivity contribution in [2.24, 2.45) is 0 Å². The quantitative estimate of drug-likeness (QED) is 0.840. The highest BCUT2D eigenvalue weighted by molar-refractivity contribution is 6.07. The smallest absolute Gasteiger partial charge is 0.255 e. The minimum atomic E-state index is -0.467. The Morgan fingerprint density at radius 3 is 2.79 bits per heavy atom. The molecule has 3 aliphatic rings. The molecule has 1 amide bonds. The van der Waals surface area contributed by atoms with Crippen molar-refractivity contribution in [1.82, 2.24) is 10.2 Å². The van der Waals surface area contributed by atoms with Gasteiger partial charge >= 0.3 is 0 Å². The molecule has 6 nitrogen and oxygen atoms in total. The normalized spacial score (nSPS) is 26.8. The van der Waals surface area contributed by atoms with Crippen LogP contribution in [0.4, 0.5) is 0 Å². The fraction of sp³-hybridized carbons (Fsp3) is 0.500. The molecule has 1 aliphatic carbocycles. The summed E-state index contributed by atoms with van der Waals surface area (Å²) in [7, 11) is 0. The summed E-state index contributed by atoms with van der Waals surface area (Å²) in [6, 6.07) is 5.05. The summed E-state index contributed by atoms with van der Waals surface area (Å²) >= 11 is 0. The first kappa shape index (κ1) is 15.3. The van der Waals surface area contributed by atoms with E-state index in [1.54, 1.807) is 11.0 Å². The number of benzene rings is 1. The largest absolute Gasteiger partial charge is 0.489 e. The van der Waals surface area contributed by atoms with E-state index in [0.717, 1.165) is 30.8 Å². The Hall–Kier alpha value is -2.21. The Labute approximate surface area is 140 Å². The molecule has 6 heteroatoms. The van der Waals surface area contributed by atoms with Gasteiger partial charge in [-0.3, -0.25) is 14.4 Å². The molecule has 0 aromatic heterocycles. The van der Waals surface area contributed by atoms with Gasteiger partial charge in [0.25, 0.3) is 5.91 Å². The Morgan fingerprint density at radius 1 is 1.17 bits per heavy atom. The van der Waals surface area contributed by atoms with Crippen molar-refractivity contribution in [3.63, 3.8) is 0 Å². The van der Waals surface area contributed by atoms with Crippen LogP contribution in [-0.4, -0.2) is 47.6 Å². The van der Waals surface area contributed by atoms with Crippen LogP contribution in [0, 0.1) is 0 Å². The van der Waals surface area contributed by atoms with Crippen molar-refractivity contribution in [3.05, 3.63) is 29.3 Å². The molecule has 2 fully saturated rings. The maximum absolute atomic E-state index is 12.6. The van der Waals surface area contributed by atoms with E-state index >= 15 is 0 Å². The van der Waals surface area contributed by atoms with E-state index in [1.165, 1.54) is 0 Å². The number of carbonyl (C=O) groups excluding carboxylic acids is 3. The molecule has 126 valence electrons. The summed E-state index contributed by atoms with van der Waals surface area (Å²) in [6.45, 7) is 2.22. The summed E-state index contributed by atoms with van der Waals surface area (Å²) in [6.07, 6.45) is 1.91. The second-order valence-corrected chi connectivity index (χ2v) is 6.72. The van der Waals surface area contributed by atoms with Gasteiger partial charge in [0.15, 0.2) is 5.78 Å². The number of amides is 1. The second-order valence-electron chi connectivity index (χ2n) is 6.72. The molecular weight excluding hydrogens is 308 g/mol. The van der Waals surface area contributed by atoms with Crippen LogP contribution in [0.1, 0.15) is 41.6 Å². The van der Waals surface area contributed by atoms with Gasteiger partial charge < -0.3 is 15.0 Å². The molecular formula is C18H20N2O4. The van der Waals surface area contributed by atoms with Gasteiger partial charge in [-0.2, -0.15) is 0 Å². The highest BCUT2D eigenvalue weighted by Crippen LogP contribution is 2.31. The molecule has 1 aromatic carbocycles. The number of hydrogen-bond acceptors (Lipinski definition) is 5. The van der Waals surface area contributed by atoms with Crippen LogP contribution in [0.5, 0.6) is 5.75 Å². The fourth-order valence-electron chi connectivity index (χ4n) is 3.75. The molecule has 1 saturated heterocycles. The number of nitrogens with zero attached hydrogens (tertiary/aromatic N) is 1. The Morgan fingerprint density at radius 2 is 2.04 bits per heavy atom. The van der Waals surface area contributed by atoms with Gasteiger partial charge in [-0.05, 0) is 43.1 Å². The zero-order chi connectivity index (χ0) is 16.7. The first-order valence-corrected chi connectivity index (χ1v) is 8.47. The maximum atomic E-state index is 12.6. The number of carbonyl (C=O) groups is 3. The number of ketones is 2. The summed E-state index contributed by atoms with van der Waals surface area (Å²) in [5, 5.41) is 3.26. The lowest BCUT2D eigenvalue weighted by Gasteiger charge is -2.29. The summed E-state index contributed by atoms with van der Waals surface area (Å²) in [4.78, 5) is 37.8. The average Bonchev–Trinajstić information content (AvgIpc) is 3.16. The third kappa shape index (κ3) is 2.71. The highest BCUT2D eigenvalue weighted by atomic mass is 16.5. The minimum absolute atomic E-state index is 0.0266. The number of ether oxygens (including phenoxy) is 1. The monoisotopic (exact) mass is 328 g/mol. The second kappa shape index (κ2) is 6.02. The third-order valence-corrected chi connectivity index (χ3v) is 5.04. The average molecular weight is 328 g/mol. The molecule has 0 spiro atoms.